The number of halogens is 3. The average Bonchev–Trinajstić information content (AvgIpc) is 3.04. The summed E-state index contributed by atoms with van der Waals surface area (Å²) in [6.07, 6.45) is -14.5. The van der Waals surface area contributed by atoms with Crippen LogP contribution in [0.15, 0.2) is 24.3 Å². The monoisotopic (exact) mass is 840 g/mol. The van der Waals surface area contributed by atoms with E-state index in [1.54, 1.807) is 0 Å². The summed E-state index contributed by atoms with van der Waals surface area (Å²) in [5, 5.41) is 10.7. The number of esters is 6. The smallest absolute Gasteiger partial charge is 0.338 e. The Kier molecular flexibility index (Phi) is 16.0. The Bertz CT molecular complexity index is 1640. The molecule has 0 unspecified atom stereocenters. The first-order valence-corrected chi connectivity index (χ1v) is 17.4. The minimum atomic E-state index is -2.43. The Morgan fingerprint density at radius 3 is 1.87 bits per heavy atom. The van der Waals surface area contributed by atoms with Crippen LogP contribution in [0.4, 0.5) is 0 Å². The van der Waals surface area contributed by atoms with E-state index in [0.717, 1.165) is 41.5 Å². The largest absolute Gasteiger partial charge is 0.463 e. The number of carbonyl (C=O) groups excluding carboxylic acids is 7. The van der Waals surface area contributed by atoms with Gasteiger partial charge in [-0.15, -0.1) is 0 Å². The van der Waals surface area contributed by atoms with Crippen molar-refractivity contribution in [1.82, 2.24) is 5.32 Å². The number of amides is 1. The lowest BCUT2D eigenvalue weighted by atomic mass is 9.94. The zero-order valence-corrected chi connectivity index (χ0v) is 32.6. The van der Waals surface area contributed by atoms with Crippen molar-refractivity contribution in [2.45, 2.75) is 114 Å². The minimum absolute atomic E-state index is 0.00517. The normalized spacial score (nSPS) is 27.7. The van der Waals surface area contributed by atoms with Crippen LogP contribution in [-0.2, 0) is 71.4 Å². The molecule has 0 radical (unpaired) electrons. The summed E-state index contributed by atoms with van der Waals surface area (Å²) in [6.45, 7) is 7.22. The van der Waals surface area contributed by atoms with E-state index < -0.39 is 119 Å². The van der Waals surface area contributed by atoms with Crippen LogP contribution in [-0.4, -0.2) is 119 Å². The Labute approximate surface area is 329 Å². The van der Waals surface area contributed by atoms with Crippen LogP contribution in [0.2, 0.25) is 0 Å². The van der Waals surface area contributed by atoms with Gasteiger partial charge in [-0.05, 0) is 25.1 Å². The fourth-order valence-corrected chi connectivity index (χ4v) is 5.62. The third-order valence-electron chi connectivity index (χ3n) is 7.46. The summed E-state index contributed by atoms with van der Waals surface area (Å²) in [6, 6.07) is 3.83. The first-order chi connectivity index (χ1) is 25.6. The molecule has 55 heavy (non-hydrogen) atoms. The number of ether oxygens (including phenoxy) is 10. The van der Waals surface area contributed by atoms with E-state index in [4.69, 9.17) is 87.6 Å². The molecular weight excluding hydrogens is 803 g/mol. The molecule has 2 heterocycles. The first-order valence-electron chi connectivity index (χ1n) is 16.3. The molecule has 0 aromatic heterocycles. The lowest BCUT2D eigenvalue weighted by Gasteiger charge is -2.49. The molecule has 1 aromatic carbocycles. The van der Waals surface area contributed by atoms with Crippen LogP contribution >= 0.6 is 34.8 Å². The molecule has 2 N–H and O–H groups in total. The van der Waals surface area contributed by atoms with E-state index in [-0.39, 0.29) is 11.3 Å². The second-order valence-corrected chi connectivity index (χ2v) is 14.3. The van der Waals surface area contributed by atoms with Gasteiger partial charge in [-0.1, -0.05) is 40.9 Å². The number of carbonyl (C=O) groups is 7. The van der Waals surface area contributed by atoms with Crippen molar-refractivity contribution < 1.29 is 80.9 Å². The van der Waals surface area contributed by atoms with Crippen molar-refractivity contribution in [3.8, 4) is 5.75 Å². The van der Waals surface area contributed by atoms with Gasteiger partial charge in [0.25, 0.3) is 3.79 Å². The van der Waals surface area contributed by atoms with Crippen molar-refractivity contribution in [3.63, 3.8) is 0 Å². The highest BCUT2D eigenvalue weighted by atomic mass is 35.6. The Hall–Kier alpha value is -4.27. The van der Waals surface area contributed by atoms with Crippen LogP contribution in [0.25, 0.3) is 0 Å². The quantitative estimate of drug-likeness (QED) is 0.0765. The number of hydrogen-bond acceptors (Lipinski definition) is 18. The zero-order valence-electron chi connectivity index (χ0n) is 30.4. The molecule has 2 fully saturated rings. The Balaban J connectivity index is 2.20. The maximum Gasteiger partial charge on any atom is 0.338 e. The highest BCUT2D eigenvalue weighted by Crippen LogP contribution is 2.36. The third-order valence-corrected chi connectivity index (χ3v) is 7.97. The summed E-state index contributed by atoms with van der Waals surface area (Å²) in [7, 11) is 0. The van der Waals surface area contributed by atoms with Gasteiger partial charge < -0.3 is 52.7 Å². The average molecular weight is 842 g/mol. The van der Waals surface area contributed by atoms with Gasteiger partial charge in [-0.2, -0.15) is 0 Å². The van der Waals surface area contributed by atoms with E-state index in [1.165, 1.54) is 31.2 Å². The summed E-state index contributed by atoms with van der Waals surface area (Å²) >= 11 is 17.5. The molecule has 2 saturated heterocycles. The second kappa shape index (κ2) is 19.5. The summed E-state index contributed by atoms with van der Waals surface area (Å²) in [5.74, 6) is -6.89. The maximum absolute atomic E-state index is 13.6. The molecule has 0 bridgehead atoms. The maximum atomic E-state index is 13.6. The second-order valence-electron chi connectivity index (χ2n) is 12.0. The summed E-state index contributed by atoms with van der Waals surface area (Å²) in [4.78, 5) is 86.8. The topological polar surface area (TPSA) is 248 Å². The molecule has 0 spiro atoms. The van der Waals surface area contributed by atoms with Gasteiger partial charge >= 0.3 is 35.8 Å². The zero-order chi connectivity index (χ0) is 41.4. The van der Waals surface area contributed by atoms with Gasteiger partial charge in [0.1, 0.15) is 30.6 Å². The lowest BCUT2D eigenvalue weighted by molar-refractivity contribution is -0.337. The fourth-order valence-electron chi connectivity index (χ4n) is 5.49. The third kappa shape index (κ3) is 13.2. The van der Waals surface area contributed by atoms with Crippen LogP contribution in [0.1, 0.15) is 58.8 Å². The number of hydrogen-bond donors (Lipinski definition) is 2. The molecule has 1 amide bonds. The molecule has 304 valence electrons. The molecule has 19 nitrogen and oxygen atoms in total. The molecular formula is C33H39Cl3N2O17. The van der Waals surface area contributed by atoms with Gasteiger partial charge in [0.05, 0.1) is 11.7 Å². The predicted molar refractivity (Wildman–Crippen MR) is 185 cm³/mol. The van der Waals surface area contributed by atoms with Crippen molar-refractivity contribution >= 4 is 82.4 Å². The SMILES string of the molecule is CC(=O)N[C@H]1[C@H](O[C@@H]2[C@@H](OC(=O)c3cccc(OC(C)=O)c3)[C@H](C)O[C@@H](OC(=N)C(Cl)(Cl)Cl)[C@@H]2OC(C)=O)O[C@H](COC(C)=O)[C@@H](OC(C)=O)[C@@H]1OC(C)=O. The first kappa shape index (κ1) is 45.1. The minimum Gasteiger partial charge on any atom is -0.463 e. The predicted octanol–water partition coefficient (Wildman–Crippen LogP) is 2.22. The highest BCUT2D eigenvalue weighted by molar-refractivity contribution is 6.76. The van der Waals surface area contributed by atoms with E-state index in [2.05, 4.69) is 5.32 Å². The van der Waals surface area contributed by atoms with Gasteiger partial charge in [-0.3, -0.25) is 34.2 Å². The highest BCUT2D eigenvalue weighted by Gasteiger charge is 2.57. The van der Waals surface area contributed by atoms with Crippen LogP contribution in [0.5, 0.6) is 5.75 Å². The fraction of sp³-hybridized carbons (Fsp3) is 0.576. The van der Waals surface area contributed by atoms with Crippen LogP contribution in [0, 0.1) is 5.41 Å². The lowest BCUT2D eigenvalue weighted by Crippen LogP contribution is -2.69. The molecule has 0 aliphatic carbocycles. The van der Waals surface area contributed by atoms with Crippen molar-refractivity contribution in [2.24, 2.45) is 0 Å². The number of benzene rings is 1. The standard InChI is InChI=1S/C33H39Cl3N2O17/c1-13-24(53-29(45)20-9-8-10-21(11-20)48-16(4)41)27(28(51-19(7)44)31(47-13)55-32(37)33(34,35)36)54-30-23(38-14(2)39)26(50-18(6)43)25(49-17(5)42)22(52-30)12-46-15(3)40/h8-11,13,22-28,30-31,37H,12H2,1-7H3,(H,38,39)/t13-,22+,23+,24-,25+,26+,27+,28+,30-,31-/m0/s1. The van der Waals surface area contributed by atoms with E-state index in [0.29, 0.717) is 0 Å². The van der Waals surface area contributed by atoms with Crippen LogP contribution in [0.3, 0.4) is 0 Å². The van der Waals surface area contributed by atoms with Gasteiger partial charge in [-0.25, -0.2) is 4.79 Å². The molecule has 3 rings (SSSR count). The van der Waals surface area contributed by atoms with Crippen LogP contribution < -0.4 is 10.1 Å². The Morgan fingerprint density at radius 1 is 0.727 bits per heavy atom. The molecule has 0 saturated carbocycles. The van der Waals surface area contributed by atoms with Crippen molar-refractivity contribution in [2.75, 3.05) is 6.61 Å². The number of rotatable bonds is 12. The van der Waals surface area contributed by atoms with E-state index in [9.17, 15) is 33.6 Å². The van der Waals surface area contributed by atoms with E-state index >= 15 is 0 Å². The summed E-state index contributed by atoms with van der Waals surface area (Å²) in [5.41, 5.74) is -0.115. The molecule has 1 aromatic rings. The van der Waals surface area contributed by atoms with Gasteiger partial charge in [0.15, 0.2) is 30.7 Å². The van der Waals surface area contributed by atoms with Gasteiger partial charge in [0, 0.05) is 41.5 Å². The van der Waals surface area contributed by atoms with Crippen molar-refractivity contribution in [3.05, 3.63) is 29.8 Å². The summed E-state index contributed by atoms with van der Waals surface area (Å²) < 4.78 is 54.0. The Morgan fingerprint density at radius 2 is 1.33 bits per heavy atom. The number of nitrogens with one attached hydrogen (secondary N) is 2. The van der Waals surface area contributed by atoms with Gasteiger partial charge in [0.2, 0.25) is 18.1 Å². The molecule has 22 heteroatoms. The van der Waals surface area contributed by atoms with E-state index in [1.807, 2.05) is 0 Å². The molecule has 2 aliphatic rings. The molecule has 2 aliphatic heterocycles. The van der Waals surface area contributed by atoms with Crippen molar-refractivity contribution in [1.29, 1.82) is 5.41 Å². The molecule has 10 atom stereocenters. The number of alkyl halides is 3.